The van der Waals surface area contributed by atoms with Crippen LogP contribution < -0.4 is 10.6 Å². The number of hydrogen-bond acceptors (Lipinski definition) is 6. The van der Waals surface area contributed by atoms with Crippen molar-refractivity contribution >= 4 is 11.9 Å². The molecule has 1 amide bonds. The summed E-state index contributed by atoms with van der Waals surface area (Å²) in [6, 6.07) is 3.79. The second-order valence-corrected chi connectivity index (χ2v) is 6.97. The summed E-state index contributed by atoms with van der Waals surface area (Å²) in [5.74, 6) is 2.75. The minimum Gasteiger partial charge on any atom is -0.461 e. The second-order valence-electron chi connectivity index (χ2n) is 6.97. The highest BCUT2D eigenvalue weighted by Gasteiger charge is 2.21. The normalized spacial score (nSPS) is 15.9. The first-order valence-corrected chi connectivity index (χ1v) is 9.47. The van der Waals surface area contributed by atoms with Gasteiger partial charge in [0.2, 0.25) is 11.7 Å². The van der Waals surface area contributed by atoms with E-state index in [0.29, 0.717) is 30.5 Å². The number of aromatic nitrogens is 3. The molecule has 1 fully saturated rings. The second kappa shape index (κ2) is 9.36. The largest absolute Gasteiger partial charge is 0.461 e. The zero-order valence-corrected chi connectivity index (χ0v) is 16.6. The van der Waals surface area contributed by atoms with Crippen LogP contribution >= 0.6 is 0 Å². The van der Waals surface area contributed by atoms with E-state index in [2.05, 4.69) is 40.6 Å². The van der Waals surface area contributed by atoms with Crippen molar-refractivity contribution in [2.24, 2.45) is 4.99 Å². The van der Waals surface area contributed by atoms with Crippen molar-refractivity contribution in [1.29, 1.82) is 0 Å². The molecule has 10 nitrogen and oxygen atoms in total. The standard InChI is InChI=1S/C18H28N8O2/c1-13(2)21-16(27)12-25-6-8-26(9-7-25)18(19-3)20-11-15-22-17(24-23-15)14-5-4-10-28-14/h4-5,10,13H,6-9,11-12H2,1-3H3,(H,19,20)(H,21,27)(H,22,23,24). The molecule has 1 aliphatic heterocycles. The fourth-order valence-corrected chi connectivity index (χ4v) is 3.07. The van der Waals surface area contributed by atoms with Crippen molar-refractivity contribution in [1.82, 2.24) is 35.6 Å². The van der Waals surface area contributed by atoms with Crippen LogP contribution in [-0.2, 0) is 11.3 Å². The molecular weight excluding hydrogens is 360 g/mol. The lowest BCUT2D eigenvalue weighted by atomic mass is 10.3. The molecule has 0 atom stereocenters. The Hall–Kier alpha value is -2.88. The maximum Gasteiger partial charge on any atom is 0.234 e. The van der Waals surface area contributed by atoms with Gasteiger partial charge in [0.1, 0.15) is 5.82 Å². The molecule has 1 aliphatic rings. The molecule has 3 N–H and O–H groups in total. The van der Waals surface area contributed by atoms with E-state index < -0.39 is 0 Å². The predicted molar refractivity (Wildman–Crippen MR) is 106 cm³/mol. The van der Waals surface area contributed by atoms with E-state index in [1.54, 1.807) is 19.4 Å². The van der Waals surface area contributed by atoms with Gasteiger partial charge in [0.25, 0.3) is 0 Å². The van der Waals surface area contributed by atoms with Gasteiger partial charge in [-0.25, -0.2) is 4.98 Å². The average Bonchev–Trinajstić information content (AvgIpc) is 3.34. The molecule has 10 heteroatoms. The minimum absolute atomic E-state index is 0.0728. The SMILES string of the molecule is CN=C(NCc1nc(-c2ccco2)n[nH]1)N1CCN(CC(=O)NC(C)C)CC1. The summed E-state index contributed by atoms with van der Waals surface area (Å²) >= 11 is 0. The number of piperazine rings is 1. The fourth-order valence-electron chi connectivity index (χ4n) is 3.07. The molecule has 0 aliphatic carbocycles. The molecule has 152 valence electrons. The van der Waals surface area contributed by atoms with Gasteiger partial charge in [-0.1, -0.05) is 0 Å². The molecule has 1 saturated heterocycles. The number of nitrogens with one attached hydrogen (secondary N) is 3. The van der Waals surface area contributed by atoms with Gasteiger partial charge in [-0.15, -0.1) is 5.10 Å². The number of aliphatic imine (C=N–C) groups is 1. The highest BCUT2D eigenvalue weighted by Crippen LogP contribution is 2.14. The van der Waals surface area contributed by atoms with Gasteiger partial charge in [0.05, 0.1) is 19.4 Å². The average molecular weight is 388 g/mol. The summed E-state index contributed by atoms with van der Waals surface area (Å²) in [6.07, 6.45) is 1.59. The van der Waals surface area contributed by atoms with Crippen LogP contribution in [0.5, 0.6) is 0 Å². The Labute approximate surface area is 164 Å². The third-order valence-corrected chi connectivity index (χ3v) is 4.39. The van der Waals surface area contributed by atoms with Crippen molar-refractivity contribution in [2.45, 2.75) is 26.4 Å². The van der Waals surface area contributed by atoms with Gasteiger partial charge in [-0.05, 0) is 26.0 Å². The van der Waals surface area contributed by atoms with Crippen LogP contribution in [0.15, 0.2) is 27.8 Å². The summed E-state index contributed by atoms with van der Waals surface area (Å²) in [4.78, 5) is 25.0. The van der Waals surface area contributed by atoms with Crippen molar-refractivity contribution < 1.29 is 9.21 Å². The Morgan fingerprint density at radius 1 is 1.36 bits per heavy atom. The first-order valence-electron chi connectivity index (χ1n) is 9.47. The van der Waals surface area contributed by atoms with Gasteiger partial charge in [0.15, 0.2) is 11.7 Å². The van der Waals surface area contributed by atoms with Gasteiger partial charge >= 0.3 is 0 Å². The number of rotatable bonds is 6. The lowest BCUT2D eigenvalue weighted by Gasteiger charge is -2.36. The zero-order chi connectivity index (χ0) is 19.9. The molecule has 0 unspecified atom stereocenters. The summed E-state index contributed by atoms with van der Waals surface area (Å²) < 4.78 is 5.30. The van der Waals surface area contributed by atoms with Crippen molar-refractivity contribution in [3.8, 4) is 11.6 Å². The molecule has 0 saturated carbocycles. The first-order chi connectivity index (χ1) is 13.5. The number of nitrogens with zero attached hydrogens (tertiary/aromatic N) is 5. The lowest BCUT2D eigenvalue weighted by molar-refractivity contribution is -0.123. The van der Waals surface area contributed by atoms with Gasteiger partial charge in [-0.3, -0.25) is 19.8 Å². The zero-order valence-electron chi connectivity index (χ0n) is 16.6. The maximum absolute atomic E-state index is 11.9. The topological polar surface area (TPSA) is 115 Å². The summed E-state index contributed by atoms with van der Waals surface area (Å²) in [5.41, 5.74) is 0. The van der Waals surface area contributed by atoms with Gasteiger partial charge < -0.3 is 20.0 Å². The Kier molecular flexibility index (Phi) is 6.64. The van der Waals surface area contributed by atoms with E-state index in [0.717, 1.165) is 32.1 Å². The molecule has 3 heterocycles. The molecule has 0 spiro atoms. The Morgan fingerprint density at radius 3 is 2.79 bits per heavy atom. The molecule has 3 rings (SSSR count). The first kappa shape index (κ1) is 19.9. The minimum atomic E-state index is 0.0728. The van der Waals surface area contributed by atoms with Crippen molar-refractivity contribution in [3.05, 3.63) is 24.2 Å². The van der Waals surface area contributed by atoms with Crippen LogP contribution in [0.4, 0.5) is 0 Å². The number of furan rings is 1. The van der Waals surface area contributed by atoms with Crippen LogP contribution in [0, 0.1) is 0 Å². The maximum atomic E-state index is 11.9. The smallest absolute Gasteiger partial charge is 0.234 e. The van der Waals surface area contributed by atoms with Crippen molar-refractivity contribution in [3.63, 3.8) is 0 Å². The molecule has 0 aromatic carbocycles. The van der Waals surface area contributed by atoms with E-state index in [-0.39, 0.29) is 11.9 Å². The van der Waals surface area contributed by atoms with E-state index in [4.69, 9.17) is 4.42 Å². The molecule has 2 aromatic heterocycles. The Bertz CT molecular complexity index is 775. The lowest BCUT2D eigenvalue weighted by Crippen LogP contribution is -2.54. The number of carbonyl (C=O) groups excluding carboxylic acids is 1. The van der Waals surface area contributed by atoms with Crippen LogP contribution in [-0.4, -0.2) is 82.7 Å². The number of hydrogen-bond donors (Lipinski definition) is 3. The third-order valence-electron chi connectivity index (χ3n) is 4.39. The Balaban J connectivity index is 1.45. The van der Waals surface area contributed by atoms with Crippen LogP contribution in [0.2, 0.25) is 0 Å². The molecule has 2 aromatic rings. The van der Waals surface area contributed by atoms with Gasteiger partial charge in [-0.2, -0.15) is 0 Å². The van der Waals surface area contributed by atoms with E-state index in [1.807, 2.05) is 19.9 Å². The molecule has 0 bridgehead atoms. The summed E-state index contributed by atoms with van der Waals surface area (Å²) in [6.45, 7) is 8.11. The van der Waals surface area contributed by atoms with E-state index in [9.17, 15) is 4.79 Å². The van der Waals surface area contributed by atoms with Crippen LogP contribution in [0.1, 0.15) is 19.7 Å². The Morgan fingerprint density at radius 2 is 2.14 bits per heavy atom. The van der Waals surface area contributed by atoms with Gasteiger partial charge in [0, 0.05) is 39.3 Å². The number of H-pyrrole nitrogens is 1. The van der Waals surface area contributed by atoms with E-state index >= 15 is 0 Å². The monoisotopic (exact) mass is 388 g/mol. The number of aromatic amines is 1. The predicted octanol–water partition coefficient (Wildman–Crippen LogP) is 0.282. The van der Waals surface area contributed by atoms with Crippen LogP contribution in [0.3, 0.4) is 0 Å². The quantitative estimate of drug-likeness (QED) is 0.481. The summed E-state index contributed by atoms with van der Waals surface area (Å²) in [7, 11) is 1.76. The summed E-state index contributed by atoms with van der Waals surface area (Å²) in [5, 5.41) is 13.3. The number of amides is 1. The fraction of sp³-hybridized carbons (Fsp3) is 0.556. The number of carbonyl (C=O) groups is 1. The molecule has 28 heavy (non-hydrogen) atoms. The molecular formula is C18H28N8O2. The van der Waals surface area contributed by atoms with E-state index in [1.165, 1.54) is 0 Å². The third kappa shape index (κ3) is 5.32. The van der Waals surface area contributed by atoms with Crippen molar-refractivity contribution in [2.75, 3.05) is 39.8 Å². The van der Waals surface area contributed by atoms with Crippen LogP contribution in [0.25, 0.3) is 11.6 Å². The number of guanidine groups is 1. The highest BCUT2D eigenvalue weighted by molar-refractivity contribution is 5.80. The highest BCUT2D eigenvalue weighted by atomic mass is 16.3. The molecule has 0 radical (unpaired) electrons.